The van der Waals surface area contributed by atoms with Crippen LogP contribution in [0, 0.1) is 24.0 Å². The number of rotatable bonds is 7. The van der Waals surface area contributed by atoms with Crippen LogP contribution in [0.3, 0.4) is 0 Å². The third-order valence-corrected chi connectivity index (χ3v) is 4.78. The van der Waals surface area contributed by atoms with Crippen molar-refractivity contribution in [2.24, 2.45) is 0 Å². The fraction of sp³-hybridized carbons (Fsp3) is 0.533. The van der Waals surface area contributed by atoms with Gasteiger partial charge in [0.2, 0.25) is 5.91 Å². The lowest BCUT2D eigenvalue weighted by Crippen LogP contribution is -2.28. The molecular formula is C15H21N5O3S. The second-order valence-electron chi connectivity index (χ2n) is 5.56. The van der Waals surface area contributed by atoms with Crippen molar-refractivity contribution >= 4 is 22.9 Å². The Morgan fingerprint density at radius 1 is 1.50 bits per heavy atom. The number of aryl methyl sites for hydroxylation is 3. The molecule has 0 aliphatic carbocycles. The highest BCUT2D eigenvalue weighted by atomic mass is 32.1. The Bertz CT molecular complexity index is 752. The molecule has 2 heterocycles. The van der Waals surface area contributed by atoms with Crippen LogP contribution in [0.5, 0.6) is 0 Å². The van der Waals surface area contributed by atoms with E-state index >= 15 is 0 Å². The number of carbonyl (C=O) groups excluding carboxylic acids is 1. The number of nitro groups is 1. The summed E-state index contributed by atoms with van der Waals surface area (Å²) in [5.41, 5.74) is 1.69. The van der Waals surface area contributed by atoms with Gasteiger partial charge in [-0.2, -0.15) is 5.10 Å². The highest BCUT2D eigenvalue weighted by Gasteiger charge is 2.22. The molecule has 24 heavy (non-hydrogen) atoms. The predicted molar refractivity (Wildman–Crippen MR) is 91.0 cm³/mol. The molecule has 1 atom stereocenters. The van der Waals surface area contributed by atoms with Crippen molar-refractivity contribution in [2.75, 3.05) is 0 Å². The maximum Gasteiger partial charge on any atom is 0.312 e. The summed E-state index contributed by atoms with van der Waals surface area (Å²) in [6, 6.07) is -0.163. The molecule has 0 unspecified atom stereocenters. The maximum atomic E-state index is 12.1. The topological polar surface area (TPSA) is 103 Å². The molecule has 1 amide bonds. The second kappa shape index (κ2) is 7.52. The van der Waals surface area contributed by atoms with E-state index < -0.39 is 4.92 Å². The highest BCUT2D eigenvalue weighted by molar-refractivity contribution is 7.09. The Balaban J connectivity index is 1.94. The molecule has 0 bridgehead atoms. The van der Waals surface area contributed by atoms with Crippen molar-refractivity contribution < 1.29 is 9.72 Å². The van der Waals surface area contributed by atoms with Crippen LogP contribution in [0.1, 0.15) is 48.4 Å². The third kappa shape index (κ3) is 3.97. The van der Waals surface area contributed by atoms with Crippen LogP contribution in [0.15, 0.2) is 5.38 Å². The van der Waals surface area contributed by atoms with E-state index in [1.807, 2.05) is 19.2 Å². The van der Waals surface area contributed by atoms with Gasteiger partial charge in [0.1, 0.15) is 11.4 Å². The minimum Gasteiger partial charge on any atom is -0.348 e. The second-order valence-corrected chi connectivity index (χ2v) is 6.50. The van der Waals surface area contributed by atoms with E-state index in [-0.39, 0.29) is 24.1 Å². The predicted octanol–water partition coefficient (Wildman–Crippen LogP) is 2.69. The van der Waals surface area contributed by atoms with Crippen LogP contribution < -0.4 is 5.32 Å². The first-order valence-corrected chi connectivity index (χ1v) is 8.63. The monoisotopic (exact) mass is 351 g/mol. The van der Waals surface area contributed by atoms with Crippen LogP contribution in [0.25, 0.3) is 0 Å². The molecule has 0 saturated heterocycles. The van der Waals surface area contributed by atoms with E-state index in [4.69, 9.17) is 0 Å². The SMILES string of the molecule is CCc1nc([C@@H](C)NC(=O)CCn2nc(C)c([N+](=O)[O-])c2C)cs1. The van der Waals surface area contributed by atoms with Gasteiger partial charge in [-0.15, -0.1) is 11.3 Å². The number of nitrogens with one attached hydrogen (secondary N) is 1. The van der Waals surface area contributed by atoms with Gasteiger partial charge in [0, 0.05) is 11.8 Å². The molecular weight excluding hydrogens is 330 g/mol. The standard InChI is InChI=1S/C15H21N5O3S/c1-5-14-17-12(8-24-14)9(2)16-13(21)6-7-19-11(4)15(20(22)23)10(3)18-19/h8-9H,5-7H2,1-4H3,(H,16,21)/t9-/m1/s1. The Morgan fingerprint density at radius 3 is 2.75 bits per heavy atom. The van der Waals surface area contributed by atoms with Gasteiger partial charge in [0.25, 0.3) is 0 Å². The number of thiazole rings is 1. The highest BCUT2D eigenvalue weighted by Crippen LogP contribution is 2.22. The zero-order chi connectivity index (χ0) is 17.9. The Morgan fingerprint density at radius 2 is 2.21 bits per heavy atom. The average molecular weight is 351 g/mol. The minimum atomic E-state index is -0.441. The first-order chi connectivity index (χ1) is 11.3. The summed E-state index contributed by atoms with van der Waals surface area (Å²) in [7, 11) is 0. The van der Waals surface area contributed by atoms with Crippen molar-refractivity contribution in [2.45, 2.75) is 53.1 Å². The average Bonchev–Trinajstić information content (AvgIpc) is 3.09. The van der Waals surface area contributed by atoms with Gasteiger partial charge in [-0.25, -0.2) is 4.98 Å². The number of hydrogen-bond acceptors (Lipinski definition) is 6. The van der Waals surface area contributed by atoms with Crippen molar-refractivity contribution in [3.8, 4) is 0 Å². The lowest BCUT2D eigenvalue weighted by molar-refractivity contribution is -0.386. The quantitative estimate of drug-likeness (QED) is 0.610. The molecule has 2 aromatic heterocycles. The summed E-state index contributed by atoms with van der Waals surface area (Å²) >= 11 is 1.58. The van der Waals surface area contributed by atoms with Gasteiger partial charge in [-0.3, -0.25) is 19.6 Å². The molecule has 2 rings (SSSR count). The maximum absolute atomic E-state index is 12.1. The largest absolute Gasteiger partial charge is 0.348 e. The first-order valence-electron chi connectivity index (χ1n) is 7.75. The molecule has 1 N–H and O–H groups in total. The van der Waals surface area contributed by atoms with E-state index in [1.54, 1.807) is 25.2 Å². The molecule has 0 radical (unpaired) electrons. The molecule has 0 aliphatic rings. The fourth-order valence-electron chi connectivity index (χ4n) is 2.45. The third-order valence-electron chi connectivity index (χ3n) is 3.77. The Kier molecular flexibility index (Phi) is 5.66. The molecule has 0 aromatic carbocycles. The molecule has 0 fully saturated rings. The van der Waals surface area contributed by atoms with Gasteiger partial charge in [0.15, 0.2) is 0 Å². The van der Waals surface area contributed by atoms with Crippen molar-refractivity contribution in [1.82, 2.24) is 20.1 Å². The zero-order valence-electron chi connectivity index (χ0n) is 14.2. The van der Waals surface area contributed by atoms with E-state index in [2.05, 4.69) is 15.4 Å². The summed E-state index contributed by atoms with van der Waals surface area (Å²) in [5, 5.41) is 21.0. The van der Waals surface area contributed by atoms with Crippen molar-refractivity contribution in [3.05, 3.63) is 37.6 Å². The van der Waals surface area contributed by atoms with Crippen LogP contribution in [0.4, 0.5) is 5.69 Å². The van der Waals surface area contributed by atoms with Crippen LogP contribution >= 0.6 is 11.3 Å². The van der Waals surface area contributed by atoms with Crippen LogP contribution in [0.2, 0.25) is 0 Å². The lowest BCUT2D eigenvalue weighted by Gasteiger charge is -2.12. The van der Waals surface area contributed by atoms with E-state index in [0.717, 1.165) is 17.1 Å². The number of amides is 1. The number of carbonyl (C=O) groups is 1. The minimum absolute atomic E-state index is 0.0124. The summed E-state index contributed by atoms with van der Waals surface area (Å²) in [6.07, 6.45) is 1.08. The Hall–Kier alpha value is -2.29. The van der Waals surface area contributed by atoms with Gasteiger partial charge in [-0.1, -0.05) is 6.92 Å². The fourth-order valence-corrected chi connectivity index (χ4v) is 3.29. The molecule has 0 aliphatic heterocycles. The van der Waals surface area contributed by atoms with Gasteiger partial charge in [0.05, 0.1) is 28.2 Å². The summed E-state index contributed by atoms with van der Waals surface area (Å²) < 4.78 is 1.51. The van der Waals surface area contributed by atoms with Gasteiger partial charge < -0.3 is 5.32 Å². The van der Waals surface area contributed by atoms with E-state index in [1.165, 1.54) is 4.68 Å². The number of aromatic nitrogens is 3. The van der Waals surface area contributed by atoms with Crippen LogP contribution in [-0.4, -0.2) is 25.6 Å². The summed E-state index contributed by atoms with van der Waals surface area (Å²) in [4.78, 5) is 27.1. The smallest absolute Gasteiger partial charge is 0.312 e. The molecule has 8 nitrogen and oxygen atoms in total. The molecule has 9 heteroatoms. The molecule has 130 valence electrons. The Labute approximate surface area is 144 Å². The normalized spacial score (nSPS) is 12.2. The molecule has 0 spiro atoms. The summed E-state index contributed by atoms with van der Waals surface area (Å²) in [6.45, 7) is 7.47. The molecule has 0 saturated carbocycles. The van der Waals surface area contributed by atoms with Gasteiger partial charge in [-0.05, 0) is 27.2 Å². The van der Waals surface area contributed by atoms with Gasteiger partial charge >= 0.3 is 5.69 Å². The number of hydrogen-bond donors (Lipinski definition) is 1. The van der Waals surface area contributed by atoms with Crippen molar-refractivity contribution in [3.63, 3.8) is 0 Å². The van der Waals surface area contributed by atoms with E-state index in [9.17, 15) is 14.9 Å². The zero-order valence-corrected chi connectivity index (χ0v) is 15.0. The van der Waals surface area contributed by atoms with E-state index in [0.29, 0.717) is 17.9 Å². The van der Waals surface area contributed by atoms with Crippen molar-refractivity contribution in [1.29, 1.82) is 0 Å². The van der Waals surface area contributed by atoms with Crippen LogP contribution in [-0.2, 0) is 17.8 Å². The lowest BCUT2D eigenvalue weighted by atomic mass is 10.2. The summed E-state index contributed by atoms with van der Waals surface area (Å²) in [5.74, 6) is -0.135. The number of nitrogens with zero attached hydrogens (tertiary/aromatic N) is 4. The molecule has 2 aromatic rings. The first kappa shape index (κ1) is 18.1.